The topological polar surface area (TPSA) is 67.7 Å². The molecule has 0 fully saturated rings. The number of aryl methyl sites for hydroxylation is 1. The molecule has 6 nitrogen and oxygen atoms in total. The minimum Gasteiger partial charge on any atom is -0.354 e. The molecule has 0 aliphatic carbocycles. The van der Waals surface area contributed by atoms with Gasteiger partial charge in [0.15, 0.2) is 5.69 Å². The number of alkyl halides is 3. The van der Waals surface area contributed by atoms with Crippen LogP contribution < -0.4 is 10.6 Å². The highest BCUT2D eigenvalue weighted by atomic mass is 19.4. The molecule has 0 aliphatic heterocycles. The third kappa shape index (κ3) is 3.37. The third-order valence-corrected chi connectivity index (χ3v) is 2.33. The van der Waals surface area contributed by atoms with Crippen molar-refractivity contribution >= 4 is 17.5 Å². The lowest BCUT2D eigenvalue weighted by molar-refractivity contribution is -0.141. The summed E-state index contributed by atoms with van der Waals surface area (Å²) in [5, 5.41) is 9.35. The fourth-order valence-electron chi connectivity index (χ4n) is 1.53. The molecule has 0 saturated carbocycles. The Kier molecular flexibility index (Phi) is 3.77. The van der Waals surface area contributed by atoms with Gasteiger partial charge in [-0.05, 0) is 6.92 Å². The molecule has 0 unspecified atom stereocenters. The minimum absolute atomic E-state index is 0.0521. The summed E-state index contributed by atoms with van der Waals surface area (Å²) in [5.41, 5.74) is -0.461. The van der Waals surface area contributed by atoms with E-state index in [-0.39, 0.29) is 11.8 Å². The van der Waals surface area contributed by atoms with Crippen LogP contribution in [0.2, 0.25) is 0 Å². The Labute approximate surface area is 113 Å². The molecular weight excluding hydrogens is 273 g/mol. The van der Waals surface area contributed by atoms with Crippen LogP contribution in [0.25, 0.3) is 0 Å². The van der Waals surface area contributed by atoms with E-state index in [0.29, 0.717) is 12.2 Å². The van der Waals surface area contributed by atoms with Gasteiger partial charge in [-0.25, -0.2) is 4.98 Å². The van der Waals surface area contributed by atoms with Crippen LogP contribution in [0, 0.1) is 0 Å². The highest BCUT2D eigenvalue weighted by Gasteiger charge is 2.33. The largest absolute Gasteiger partial charge is 0.433 e. The van der Waals surface area contributed by atoms with Crippen LogP contribution >= 0.6 is 0 Å². The van der Waals surface area contributed by atoms with E-state index >= 15 is 0 Å². The third-order valence-electron chi connectivity index (χ3n) is 2.33. The zero-order valence-corrected chi connectivity index (χ0v) is 10.9. The summed E-state index contributed by atoms with van der Waals surface area (Å²) in [6.07, 6.45) is -1.41. The second-order valence-electron chi connectivity index (χ2n) is 4.02. The zero-order valence-electron chi connectivity index (χ0n) is 10.9. The number of halogens is 3. The summed E-state index contributed by atoms with van der Waals surface area (Å²) in [4.78, 5) is 7.40. The Balaban J connectivity index is 2.33. The summed E-state index contributed by atoms with van der Waals surface area (Å²) in [5.74, 6) is -0.0232. The first kappa shape index (κ1) is 14.1. The fraction of sp³-hybridized carbons (Fsp3) is 0.364. The molecule has 0 spiro atoms. The van der Waals surface area contributed by atoms with Crippen molar-refractivity contribution in [1.82, 2.24) is 19.7 Å². The summed E-state index contributed by atoms with van der Waals surface area (Å²) < 4.78 is 39.8. The maximum atomic E-state index is 12.8. The summed E-state index contributed by atoms with van der Waals surface area (Å²) in [6, 6.07) is 0.855. The molecular formula is C11H13F3N6. The van der Waals surface area contributed by atoms with E-state index in [9.17, 15) is 13.2 Å². The van der Waals surface area contributed by atoms with Crippen molar-refractivity contribution in [1.29, 1.82) is 0 Å². The van der Waals surface area contributed by atoms with Crippen molar-refractivity contribution in [3.05, 3.63) is 24.2 Å². The number of rotatable bonds is 4. The Bertz CT molecular complexity index is 592. The highest BCUT2D eigenvalue weighted by molar-refractivity contribution is 5.56. The molecule has 0 radical (unpaired) electrons. The Morgan fingerprint density at radius 2 is 2.05 bits per heavy atom. The molecule has 0 atom stereocenters. The van der Waals surface area contributed by atoms with Gasteiger partial charge >= 0.3 is 6.18 Å². The van der Waals surface area contributed by atoms with Crippen LogP contribution in [-0.2, 0) is 13.2 Å². The molecule has 2 heterocycles. The van der Waals surface area contributed by atoms with Crippen molar-refractivity contribution in [2.24, 2.45) is 7.05 Å². The number of nitrogens with one attached hydrogen (secondary N) is 2. The van der Waals surface area contributed by atoms with Crippen molar-refractivity contribution in [2.75, 3.05) is 17.2 Å². The van der Waals surface area contributed by atoms with Gasteiger partial charge in [0.05, 0.1) is 11.9 Å². The minimum atomic E-state index is -4.53. The molecule has 20 heavy (non-hydrogen) atoms. The first-order valence-electron chi connectivity index (χ1n) is 5.84. The van der Waals surface area contributed by atoms with Crippen LogP contribution in [0.4, 0.5) is 30.6 Å². The second-order valence-corrected chi connectivity index (χ2v) is 4.02. The molecule has 0 aromatic carbocycles. The van der Waals surface area contributed by atoms with Gasteiger partial charge in [0.1, 0.15) is 5.82 Å². The Morgan fingerprint density at radius 1 is 1.30 bits per heavy atom. The van der Waals surface area contributed by atoms with Gasteiger partial charge in [0.2, 0.25) is 5.95 Å². The fourth-order valence-corrected chi connectivity index (χ4v) is 1.53. The number of anilines is 3. The smallest absolute Gasteiger partial charge is 0.354 e. The molecule has 0 saturated heterocycles. The lowest BCUT2D eigenvalue weighted by Gasteiger charge is -2.11. The predicted octanol–water partition coefficient (Wildman–Crippen LogP) is 2.40. The maximum absolute atomic E-state index is 12.8. The number of aromatic nitrogens is 4. The molecule has 0 bridgehead atoms. The van der Waals surface area contributed by atoms with E-state index in [1.54, 1.807) is 20.2 Å². The molecule has 0 aliphatic rings. The summed E-state index contributed by atoms with van der Waals surface area (Å²) >= 11 is 0. The van der Waals surface area contributed by atoms with Gasteiger partial charge in [-0.15, -0.1) is 0 Å². The van der Waals surface area contributed by atoms with Crippen LogP contribution in [0.1, 0.15) is 12.6 Å². The lowest BCUT2D eigenvalue weighted by atomic mass is 10.3. The van der Waals surface area contributed by atoms with Crippen molar-refractivity contribution < 1.29 is 13.2 Å². The number of hydrogen-bond acceptors (Lipinski definition) is 5. The van der Waals surface area contributed by atoms with E-state index in [1.807, 2.05) is 0 Å². The van der Waals surface area contributed by atoms with E-state index in [0.717, 1.165) is 6.07 Å². The number of hydrogen-bond donors (Lipinski definition) is 2. The SMILES string of the molecule is CCNc1nc(Nc2cnn(C)c2)cc(C(F)(F)F)n1. The van der Waals surface area contributed by atoms with Crippen molar-refractivity contribution in [3.63, 3.8) is 0 Å². The molecule has 2 aromatic heterocycles. The molecule has 108 valence electrons. The monoisotopic (exact) mass is 286 g/mol. The predicted molar refractivity (Wildman–Crippen MR) is 67.7 cm³/mol. The molecule has 2 N–H and O–H groups in total. The van der Waals surface area contributed by atoms with Crippen LogP contribution in [-0.4, -0.2) is 26.3 Å². The first-order chi connectivity index (χ1) is 9.38. The first-order valence-corrected chi connectivity index (χ1v) is 5.84. The van der Waals surface area contributed by atoms with Gasteiger partial charge in [-0.2, -0.15) is 23.3 Å². The molecule has 2 rings (SSSR count). The zero-order chi connectivity index (χ0) is 14.8. The lowest BCUT2D eigenvalue weighted by Crippen LogP contribution is -2.13. The van der Waals surface area contributed by atoms with Crippen LogP contribution in [0.5, 0.6) is 0 Å². The van der Waals surface area contributed by atoms with E-state index in [4.69, 9.17) is 0 Å². The van der Waals surface area contributed by atoms with E-state index in [1.165, 1.54) is 10.9 Å². The maximum Gasteiger partial charge on any atom is 0.433 e. The Morgan fingerprint density at radius 3 is 2.60 bits per heavy atom. The van der Waals surface area contributed by atoms with Gasteiger partial charge in [0.25, 0.3) is 0 Å². The molecule has 9 heteroatoms. The van der Waals surface area contributed by atoms with Gasteiger partial charge in [0, 0.05) is 25.9 Å². The average molecular weight is 286 g/mol. The van der Waals surface area contributed by atoms with Crippen LogP contribution in [0.3, 0.4) is 0 Å². The highest BCUT2D eigenvalue weighted by Crippen LogP contribution is 2.30. The quantitative estimate of drug-likeness (QED) is 0.903. The summed E-state index contributed by atoms with van der Waals surface area (Å²) in [7, 11) is 1.70. The average Bonchev–Trinajstić information content (AvgIpc) is 2.74. The summed E-state index contributed by atoms with van der Waals surface area (Å²) in [6.45, 7) is 2.17. The van der Waals surface area contributed by atoms with E-state index < -0.39 is 11.9 Å². The number of nitrogens with zero attached hydrogens (tertiary/aromatic N) is 4. The Hall–Kier alpha value is -2.32. The normalized spacial score (nSPS) is 11.4. The van der Waals surface area contributed by atoms with Crippen molar-refractivity contribution in [3.8, 4) is 0 Å². The van der Waals surface area contributed by atoms with Gasteiger partial charge in [-0.3, -0.25) is 4.68 Å². The standard InChI is InChI=1S/C11H13F3N6/c1-3-15-10-18-8(11(12,13)14)4-9(19-10)17-7-5-16-20(2)6-7/h4-6H,3H2,1-2H3,(H2,15,17,18,19). The van der Waals surface area contributed by atoms with E-state index in [2.05, 4.69) is 25.7 Å². The van der Waals surface area contributed by atoms with Crippen molar-refractivity contribution in [2.45, 2.75) is 13.1 Å². The van der Waals surface area contributed by atoms with Gasteiger partial charge in [-0.1, -0.05) is 0 Å². The van der Waals surface area contributed by atoms with Crippen LogP contribution in [0.15, 0.2) is 18.5 Å². The second kappa shape index (κ2) is 5.35. The van der Waals surface area contributed by atoms with Gasteiger partial charge < -0.3 is 10.6 Å². The molecule has 2 aromatic rings. The molecule has 0 amide bonds.